The highest BCUT2D eigenvalue weighted by molar-refractivity contribution is 5.77. The third-order valence-corrected chi connectivity index (χ3v) is 2.68. The molecule has 0 spiro atoms. The van der Waals surface area contributed by atoms with Crippen molar-refractivity contribution in [3.05, 3.63) is 29.3 Å². The van der Waals surface area contributed by atoms with E-state index in [9.17, 15) is 4.79 Å². The van der Waals surface area contributed by atoms with Gasteiger partial charge in [-0.1, -0.05) is 12.1 Å². The third kappa shape index (κ3) is 4.10. The van der Waals surface area contributed by atoms with Gasteiger partial charge in [-0.2, -0.15) is 5.26 Å². The first-order chi connectivity index (χ1) is 8.54. The van der Waals surface area contributed by atoms with Crippen molar-refractivity contribution in [2.75, 3.05) is 20.2 Å². The Morgan fingerprint density at radius 2 is 2.17 bits per heavy atom. The molecule has 0 heterocycles. The average Bonchev–Trinajstić information content (AvgIpc) is 2.36. The third-order valence-electron chi connectivity index (χ3n) is 2.68. The first-order valence-electron chi connectivity index (χ1n) is 5.85. The smallest absolute Gasteiger partial charge is 0.260 e. The van der Waals surface area contributed by atoms with Crippen molar-refractivity contribution in [1.82, 2.24) is 4.90 Å². The minimum atomic E-state index is -0.119. The molecule has 0 radical (unpaired) electrons. The van der Waals surface area contributed by atoms with Gasteiger partial charge in [0.05, 0.1) is 12.5 Å². The standard InChI is InChI=1S/C14H18N2O2/c1-11-5-6-12(2)13(9-11)18-10-14(17)16(3)8-4-7-15/h5-6,9H,4,8,10H2,1-3H3. The number of amides is 1. The molecule has 1 amide bonds. The lowest BCUT2D eigenvalue weighted by Gasteiger charge is -2.16. The van der Waals surface area contributed by atoms with Crippen LogP contribution in [0.2, 0.25) is 0 Å². The van der Waals surface area contributed by atoms with Crippen LogP contribution >= 0.6 is 0 Å². The second kappa shape index (κ2) is 6.65. The lowest BCUT2D eigenvalue weighted by molar-refractivity contribution is -0.131. The van der Waals surface area contributed by atoms with Crippen LogP contribution in [-0.2, 0) is 4.79 Å². The van der Waals surface area contributed by atoms with Gasteiger partial charge in [0.15, 0.2) is 6.61 Å². The fourth-order valence-electron chi connectivity index (χ4n) is 1.45. The van der Waals surface area contributed by atoms with Crippen LogP contribution in [0.3, 0.4) is 0 Å². The monoisotopic (exact) mass is 246 g/mol. The van der Waals surface area contributed by atoms with Crippen molar-refractivity contribution in [3.8, 4) is 11.8 Å². The summed E-state index contributed by atoms with van der Waals surface area (Å²) in [7, 11) is 1.67. The summed E-state index contributed by atoms with van der Waals surface area (Å²) in [6.45, 7) is 4.36. The molecule has 0 saturated carbocycles. The molecule has 0 N–H and O–H groups in total. The maximum atomic E-state index is 11.7. The van der Waals surface area contributed by atoms with E-state index in [0.717, 1.165) is 16.9 Å². The molecule has 0 saturated heterocycles. The molecule has 0 bridgehead atoms. The molecule has 4 nitrogen and oxygen atoms in total. The van der Waals surface area contributed by atoms with Crippen molar-refractivity contribution in [2.45, 2.75) is 20.3 Å². The second-order valence-corrected chi connectivity index (χ2v) is 4.28. The zero-order chi connectivity index (χ0) is 13.5. The number of carbonyl (C=O) groups is 1. The average molecular weight is 246 g/mol. The Hall–Kier alpha value is -2.02. The van der Waals surface area contributed by atoms with Crippen LogP contribution in [0.4, 0.5) is 0 Å². The van der Waals surface area contributed by atoms with E-state index in [1.165, 1.54) is 4.90 Å². The summed E-state index contributed by atoms with van der Waals surface area (Å²) in [6.07, 6.45) is 0.339. The molecule has 0 unspecified atom stereocenters. The molecule has 4 heteroatoms. The number of benzene rings is 1. The van der Waals surface area contributed by atoms with E-state index < -0.39 is 0 Å². The Morgan fingerprint density at radius 1 is 1.44 bits per heavy atom. The van der Waals surface area contributed by atoms with Gasteiger partial charge in [0.2, 0.25) is 0 Å². The van der Waals surface area contributed by atoms with Gasteiger partial charge >= 0.3 is 0 Å². The molecular formula is C14H18N2O2. The number of likely N-dealkylation sites (N-methyl/N-ethyl adjacent to an activating group) is 1. The first kappa shape index (κ1) is 14.0. The first-order valence-corrected chi connectivity index (χ1v) is 5.85. The zero-order valence-corrected chi connectivity index (χ0v) is 11.1. The lowest BCUT2D eigenvalue weighted by atomic mass is 10.1. The summed E-state index contributed by atoms with van der Waals surface area (Å²) in [5.74, 6) is 0.614. The van der Waals surface area contributed by atoms with E-state index in [2.05, 4.69) is 0 Å². The Balaban J connectivity index is 2.52. The Bertz CT molecular complexity index is 463. The van der Waals surface area contributed by atoms with Crippen LogP contribution < -0.4 is 4.74 Å². The van der Waals surface area contributed by atoms with Gasteiger partial charge in [-0.15, -0.1) is 0 Å². The molecule has 1 aromatic carbocycles. The van der Waals surface area contributed by atoms with Gasteiger partial charge in [0, 0.05) is 13.6 Å². The van der Waals surface area contributed by atoms with Gasteiger partial charge < -0.3 is 9.64 Å². The van der Waals surface area contributed by atoms with E-state index >= 15 is 0 Å². The summed E-state index contributed by atoms with van der Waals surface area (Å²) < 4.78 is 5.51. The summed E-state index contributed by atoms with van der Waals surface area (Å²) in [6, 6.07) is 7.89. The summed E-state index contributed by atoms with van der Waals surface area (Å²) in [4.78, 5) is 13.2. The highest BCUT2D eigenvalue weighted by atomic mass is 16.5. The van der Waals surface area contributed by atoms with Gasteiger partial charge in [-0.25, -0.2) is 0 Å². The number of carbonyl (C=O) groups excluding carboxylic acids is 1. The number of hydrogen-bond acceptors (Lipinski definition) is 3. The molecule has 0 aliphatic heterocycles. The molecule has 0 aromatic heterocycles. The Morgan fingerprint density at radius 3 is 2.83 bits per heavy atom. The van der Waals surface area contributed by atoms with Gasteiger partial charge in [0.25, 0.3) is 5.91 Å². The van der Waals surface area contributed by atoms with Crippen molar-refractivity contribution in [1.29, 1.82) is 5.26 Å². The van der Waals surface area contributed by atoms with Crippen LogP contribution in [0.15, 0.2) is 18.2 Å². The van der Waals surface area contributed by atoms with Crippen LogP contribution in [0.25, 0.3) is 0 Å². The van der Waals surface area contributed by atoms with Crippen LogP contribution in [0.1, 0.15) is 17.5 Å². The predicted octanol–water partition coefficient (Wildman–Crippen LogP) is 2.05. The molecule has 0 aliphatic carbocycles. The molecule has 0 atom stereocenters. The van der Waals surface area contributed by atoms with Gasteiger partial charge in [0.1, 0.15) is 5.75 Å². The largest absolute Gasteiger partial charge is 0.483 e. The minimum absolute atomic E-state index is 0.00617. The predicted molar refractivity (Wildman–Crippen MR) is 69.3 cm³/mol. The van der Waals surface area contributed by atoms with Crippen LogP contribution in [0.5, 0.6) is 5.75 Å². The van der Waals surface area contributed by atoms with Crippen LogP contribution in [0, 0.1) is 25.2 Å². The fraction of sp³-hybridized carbons (Fsp3) is 0.429. The number of nitrogens with zero attached hydrogens (tertiary/aromatic N) is 2. The van der Waals surface area contributed by atoms with Crippen molar-refractivity contribution in [2.24, 2.45) is 0 Å². The Labute approximate surface area is 108 Å². The molecule has 96 valence electrons. The van der Waals surface area contributed by atoms with Crippen molar-refractivity contribution in [3.63, 3.8) is 0 Å². The minimum Gasteiger partial charge on any atom is -0.483 e. The quantitative estimate of drug-likeness (QED) is 0.799. The van der Waals surface area contributed by atoms with E-state index in [-0.39, 0.29) is 12.5 Å². The highest BCUT2D eigenvalue weighted by Crippen LogP contribution is 2.18. The SMILES string of the molecule is Cc1ccc(C)c(OCC(=O)N(C)CCC#N)c1. The molecule has 18 heavy (non-hydrogen) atoms. The van der Waals surface area contributed by atoms with Gasteiger partial charge in [-0.05, 0) is 31.0 Å². The van der Waals surface area contributed by atoms with Gasteiger partial charge in [-0.3, -0.25) is 4.79 Å². The summed E-state index contributed by atoms with van der Waals surface area (Å²) >= 11 is 0. The Kier molecular flexibility index (Phi) is 5.19. The number of aryl methyl sites for hydroxylation is 2. The number of rotatable bonds is 5. The van der Waals surface area contributed by atoms with Crippen molar-refractivity contribution < 1.29 is 9.53 Å². The molecule has 0 fully saturated rings. The van der Waals surface area contributed by atoms with E-state index in [4.69, 9.17) is 10.00 Å². The zero-order valence-electron chi connectivity index (χ0n) is 11.1. The topological polar surface area (TPSA) is 53.3 Å². The van der Waals surface area contributed by atoms with E-state index in [1.54, 1.807) is 7.05 Å². The van der Waals surface area contributed by atoms with E-state index in [0.29, 0.717) is 13.0 Å². The lowest BCUT2D eigenvalue weighted by Crippen LogP contribution is -2.32. The molecule has 1 rings (SSSR count). The second-order valence-electron chi connectivity index (χ2n) is 4.28. The fourth-order valence-corrected chi connectivity index (χ4v) is 1.45. The summed E-state index contributed by atoms with van der Waals surface area (Å²) in [5.41, 5.74) is 2.11. The molecule has 0 aliphatic rings. The molecular weight excluding hydrogens is 228 g/mol. The van der Waals surface area contributed by atoms with Crippen LogP contribution in [-0.4, -0.2) is 31.0 Å². The van der Waals surface area contributed by atoms with E-state index in [1.807, 2.05) is 38.1 Å². The highest BCUT2D eigenvalue weighted by Gasteiger charge is 2.10. The normalized spacial score (nSPS) is 9.67. The van der Waals surface area contributed by atoms with Crippen molar-refractivity contribution >= 4 is 5.91 Å². The molecule has 1 aromatic rings. The number of ether oxygens (including phenoxy) is 1. The summed E-state index contributed by atoms with van der Waals surface area (Å²) in [5, 5.41) is 8.45. The number of hydrogen-bond donors (Lipinski definition) is 0. The number of nitriles is 1. The maximum absolute atomic E-state index is 11.7. The maximum Gasteiger partial charge on any atom is 0.260 e.